The molecule has 1 aliphatic carbocycles. The fraction of sp³-hybridized carbons (Fsp3) is 0.538. The maximum atomic E-state index is 12.9. The van der Waals surface area contributed by atoms with Crippen molar-refractivity contribution < 1.29 is 19.0 Å². The molecule has 3 heterocycles. The standard InChI is InChI=1S/C26H32N2O5/c1-26(2)9-8-21-19-13-24(33-11-5-10-31-3)17(16-6-7-16)12-18(19)22-14-23(29)20(25(30)32-4)15-27(22)28(21)26/h12-16,21H,5-11H2,1-4H3. The number of carbonyl (C=O) groups excluding carboxylic acids is 1. The summed E-state index contributed by atoms with van der Waals surface area (Å²) in [6.07, 6.45) is 6.82. The molecule has 0 spiro atoms. The van der Waals surface area contributed by atoms with Crippen LogP contribution in [0, 0.1) is 0 Å². The van der Waals surface area contributed by atoms with Gasteiger partial charge in [0.2, 0.25) is 0 Å². The van der Waals surface area contributed by atoms with Gasteiger partial charge in [-0.05, 0) is 68.7 Å². The second-order valence-corrected chi connectivity index (χ2v) is 9.93. The van der Waals surface area contributed by atoms with Crippen LogP contribution < -0.4 is 15.2 Å². The van der Waals surface area contributed by atoms with E-state index in [2.05, 4.69) is 31.0 Å². The topological polar surface area (TPSA) is 70.0 Å². The van der Waals surface area contributed by atoms with Gasteiger partial charge in [-0.25, -0.2) is 4.79 Å². The largest absolute Gasteiger partial charge is 0.493 e. The van der Waals surface area contributed by atoms with Crippen LogP contribution >= 0.6 is 0 Å². The Kier molecular flexibility index (Phi) is 5.47. The van der Waals surface area contributed by atoms with Gasteiger partial charge in [0.25, 0.3) is 0 Å². The number of methoxy groups -OCH3 is 2. The van der Waals surface area contributed by atoms with Gasteiger partial charge in [-0.3, -0.25) is 14.5 Å². The van der Waals surface area contributed by atoms with Crippen molar-refractivity contribution in [1.82, 2.24) is 4.68 Å². The molecule has 0 bridgehead atoms. The van der Waals surface area contributed by atoms with Crippen molar-refractivity contribution in [3.05, 3.63) is 51.3 Å². The molecule has 2 aromatic rings. The third kappa shape index (κ3) is 3.72. The number of nitrogens with zero attached hydrogens (tertiary/aromatic N) is 2. The Bertz CT molecular complexity index is 1150. The van der Waals surface area contributed by atoms with Gasteiger partial charge in [0.1, 0.15) is 11.3 Å². The van der Waals surface area contributed by atoms with Gasteiger partial charge in [0, 0.05) is 38.0 Å². The van der Waals surface area contributed by atoms with E-state index in [4.69, 9.17) is 14.2 Å². The van der Waals surface area contributed by atoms with E-state index in [1.807, 2.05) is 4.68 Å². The summed E-state index contributed by atoms with van der Waals surface area (Å²) in [6.45, 7) is 5.70. The fourth-order valence-corrected chi connectivity index (χ4v) is 5.38. The van der Waals surface area contributed by atoms with Crippen LogP contribution in [0.25, 0.3) is 11.3 Å². The number of rotatable bonds is 7. The minimum absolute atomic E-state index is 0.0617. The molecule has 7 nitrogen and oxygen atoms in total. The van der Waals surface area contributed by atoms with E-state index in [0.717, 1.165) is 49.1 Å². The number of fused-ring (bicyclic) bond motifs is 6. The molecule has 1 saturated heterocycles. The third-order valence-electron chi connectivity index (χ3n) is 7.20. The Hall–Kier alpha value is -2.80. The molecule has 0 amide bonds. The number of esters is 1. The molecule has 1 aromatic carbocycles. The summed E-state index contributed by atoms with van der Waals surface area (Å²) >= 11 is 0. The van der Waals surface area contributed by atoms with Gasteiger partial charge in [-0.1, -0.05) is 0 Å². The van der Waals surface area contributed by atoms with Crippen LogP contribution in [0.4, 0.5) is 0 Å². The number of carbonyl (C=O) groups is 1. The minimum atomic E-state index is -0.604. The molecule has 2 aliphatic heterocycles. The van der Waals surface area contributed by atoms with E-state index in [1.54, 1.807) is 19.4 Å². The zero-order valence-corrected chi connectivity index (χ0v) is 19.8. The Balaban J connectivity index is 1.67. The second-order valence-electron chi connectivity index (χ2n) is 9.93. The van der Waals surface area contributed by atoms with Crippen LogP contribution in [0.2, 0.25) is 0 Å². The number of hydrogen-bond donors (Lipinski definition) is 0. The Morgan fingerprint density at radius 2 is 1.88 bits per heavy atom. The number of pyridine rings is 1. The Morgan fingerprint density at radius 3 is 2.58 bits per heavy atom. The molecule has 1 atom stereocenters. The zero-order valence-electron chi connectivity index (χ0n) is 19.8. The summed E-state index contributed by atoms with van der Waals surface area (Å²) in [4.78, 5) is 25.2. The highest BCUT2D eigenvalue weighted by Crippen LogP contribution is 2.52. The summed E-state index contributed by atoms with van der Waals surface area (Å²) < 4.78 is 18.3. The Labute approximate surface area is 194 Å². The first-order valence-corrected chi connectivity index (χ1v) is 11.8. The van der Waals surface area contributed by atoms with Crippen molar-refractivity contribution in [3.63, 3.8) is 0 Å². The van der Waals surface area contributed by atoms with Crippen LogP contribution in [0.3, 0.4) is 0 Å². The molecule has 1 aromatic heterocycles. The third-order valence-corrected chi connectivity index (χ3v) is 7.20. The van der Waals surface area contributed by atoms with Crippen LogP contribution in [0.5, 0.6) is 5.75 Å². The normalized spacial score (nSPS) is 20.1. The lowest BCUT2D eigenvalue weighted by molar-refractivity contribution is 0.0598. The lowest BCUT2D eigenvalue weighted by Crippen LogP contribution is -2.50. The summed E-state index contributed by atoms with van der Waals surface area (Å²) in [5, 5.41) is 2.31. The molecule has 7 heteroatoms. The predicted molar refractivity (Wildman–Crippen MR) is 126 cm³/mol. The smallest absolute Gasteiger partial charge is 0.343 e. The molecule has 0 radical (unpaired) electrons. The van der Waals surface area contributed by atoms with Crippen molar-refractivity contribution in [2.24, 2.45) is 0 Å². The molecular formula is C26H32N2O5. The minimum Gasteiger partial charge on any atom is -0.493 e. The predicted octanol–water partition coefficient (Wildman–Crippen LogP) is 4.16. The van der Waals surface area contributed by atoms with E-state index < -0.39 is 5.97 Å². The van der Waals surface area contributed by atoms with Crippen molar-refractivity contribution in [3.8, 4) is 17.0 Å². The molecule has 0 N–H and O–H groups in total. The van der Waals surface area contributed by atoms with Crippen molar-refractivity contribution in [2.45, 2.75) is 63.5 Å². The van der Waals surface area contributed by atoms with E-state index in [9.17, 15) is 9.59 Å². The van der Waals surface area contributed by atoms with Gasteiger partial charge < -0.3 is 14.2 Å². The van der Waals surface area contributed by atoms with Crippen molar-refractivity contribution >= 4 is 5.97 Å². The fourth-order valence-electron chi connectivity index (χ4n) is 5.38. The maximum Gasteiger partial charge on any atom is 0.343 e. The van der Waals surface area contributed by atoms with Gasteiger partial charge in [-0.2, -0.15) is 0 Å². The highest BCUT2D eigenvalue weighted by Gasteiger charge is 2.45. The monoisotopic (exact) mass is 452 g/mol. The van der Waals surface area contributed by atoms with Crippen molar-refractivity contribution in [1.29, 1.82) is 0 Å². The molecular weight excluding hydrogens is 420 g/mol. The highest BCUT2D eigenvalue weighted by atomic mass is 16.5. The van der Waals surface area contributed by atoms with Crippen LogP contribution in [-0.4, -0.2) is 43.6 Å². The average Bonchev–Trinajstić information content (AvgIpc) is 3.59. The van der Waals surface area contributed by atoms with E-state index >= 15 is 0 Å². The molecule has 1 saturated carbocycles. The number of ether oxygens (including phenoxy) is 3. The van der Waals surface area contributed by atoms with Crippen LogP contribution in [0.1, 0.15) is 79.4 Å². The molecule has 5 rings (SSSR count). The first-order valence-electron chi connectivity index (χ1n) is 11.8. The summed E-state index contributed by atoms with van der Waals surface area (Å²) in [6, 6.07) is 6.16. The summed E-state index contributed by atoms with van der Waals surface area (Å²) in [5.74, 6) is 0.854. The van der Waals surface area contributed by atoms with E-state index in [1.165, 1.54) is 18.2 Å². The quantitative estimate of drug-likeness (QED) is 0.464. The second kappa shape index (κ2) is 8.20. The number of benzene rings is 1. The zero-order chi connectivity index (χ0) is 23.3. The van der Waals surface area contributed by atoms with Crippen LogP contribution in [0.15, 0.2) is 29.2 Å². The van der Waals surface area contributed by atoms with Crippen molar-refractivity contribution in [2.75, 3.05) is 32.4 Å². The first kappa shape index (κ1) is 22.0. The number of hydrogen-bond acceptors (Lipinski definition) is 6. The Morgan fingerprint density at radius 1 is 1.09 bits per heavy atom. The van der Waals surface area contributed by atoms with Gasteiger partial charge in [0.15, 0.2) is 5.43 Å². The first-order chi connectivity index (χ1) is 15.9. The molecule has 33 heavy (non-hydrogen) atoms. The summed E-state index contributed by atoms with van der Waals surface area (Å²) in [5.41, 5.74) is 3.91. The van der Waals surface area contributed by atoms with Crippen LogP contribution in [-0.2, 0) is 9.47 Å². The average molecular weight is 453 g/mol. The summed E-state index contributed by atoms with van der Waals surface area (Å²) in [7, 11) is 3.01. The lowest BCUT2D eigenvalue weighted by Gasteiger charge is -2.44. The highest BCUT2D eigenvalue weighted by molar-refractivity contribution is 5.89. The molecule has 176 valence electrons. The lowest BCUT2D eigenvalue weighted by atomic mass is 9.90. The van der Waals surface area contributed by atoms with E-state index in [-0.39, 0.29) is 22.6 Å². The van der Waals surface area contributed by atoms with Gasteiger partial charge in [0.05, 0.1) is 31.0 Å². The van der Waals surface area contributed by atoms with E-state index in [0.29, 0.717) is 19.1 Å². The molecule has 2 fully saturated rings. The molecule has 3 aliphatic rings. The van der Waals surface area contributed by atoms with Gasteiger partial charge >= 0.3 is 5.97 Å². The SMILES string of the molecule is COCCCOc1cc2c(cc1C1CC1)-c1cc(=O)c(C(=O)OC)cn1N1C2CCC1(C)C. The molecule has 1 unspecified atom stereocenters. The maximum absolute atomic E-state index is 12.9. The van der Waals surface area contributed by atoms with Gasteiger partial charge in [-0.15, -0.1) is 0 Å². The number of aromatic nitrogens is 1.